The first-order valence-electron chi connectivity index (χ1n) is 7.21. The Labute approximate surface area is 172 Å². The molecule has 3 rings (SSSR count). The van der Waals surface area contributed by atoms with Crippen molar-refractivity contribution >= 4 is 61.8 Å². The van der Waals surface area contributed by atoms with E-state index in [0.717, 1.165) is 17.5 Å². The maximum absolute atomic E-state index is 11.3. The molecule has 0 aliphatic carbocycles. The minimum Gasteiger partial charge on any atom is -0.506 e. The predicted octanol–water partition coefficient (Wildman–Crippen LogP) is 3.84. The van der Waals surface area contributed by atoms with Crippen LogP contribution in [0.25, 0.3) is 10.8 Å². The van der Waals surface area contributed by atoms with E-state index in [1.807, 2.05) is 12.1 Å². The summed E-state index contributed by atoms with van der Waals surface area (Å²) in [7, 11) is -4.45. The Morgan fingerprint density at radius 1 is 0.962 bits per heavy atom. The van der Waals surface area contributed by atoms with Gasteiger partial charge in [-0.1, -0.05) is 30.3 Å². The number of fused-ring (bicyclic) bond motifs is 1. The first-order chi connectivity index (χ1) is 11.8. The molecule has 0 fully saturated rings. The van der Waals surface area contributed by atoms with E-state index in [1.54, 1.807) is 18.2 Å². The zero-order valence-electron chi connectivity index (χ0n) is 14.1. The second-order valence-electron chi connectivity index (χ2n) is 5.44. The van der Waals surface area contributed by atoms with Crippen molar-refractivity contribution in [3.63, 3.8) is 0 Å². The number of benzene rings is 3. The van der Waals surface area contributed by atoms with E-state index >= 15 is 0 Å². The second-order valence-corrected chi connectivity index (χ2v) is 6.86. The van der Waals surface area contributed by atoms with Crippen LogP contribution in [-0.4, -0.2) is 52.7 Å². The Bertz CT molecular complexity index is 1110. The van der Waals surface area contributed by atoms with Crippen LogP contribution in [0.15, 0.2) is 63.7 Å². The van der Waals surface area contributed by atoms with Gasteiger partial charge in [0.25, 0.3) is 10.1 Å². The van der Waals surface area contributed by atoms with Crippen LogP contribution in [0.3, 0.4) is 0 Å². The van der Waals surface area contributed by atoms with Gasteiger partial charge < -0.3 is 10.2 Å². The van der Waals surface area contributed by atoms with Gasteiger partial charge in [0.1, 0.15) is 22.9 Å². The molecule has 0 spiro atoms. The van der Waals surface area contributed by atoms with E-state index in [2.05, 4.69) is 10.2 Å². The van der Waals surface area contributed by atoms with Gasteiger partial charge in [0, 0.05) is 34.9 Å². The van der Waals surface area contributed by atoms with Crippen LogP contribution in [0.1, 0.15) is 5.56 Å². The maximum Gasteiger partial charge on any atom is 0.294 e. The average molecular weight is 381 g/mol. The molecule has 3 aromatic rings. The van der Waals surface area contributed by atoms with Crippen LogP contribution >= 0.6 is 0 Å². The number of rotatable bonds is 3. The van der Waals surface area contributed by atoms with Gasteiger partial charge in [-0.05, 0) is 36.1 Å². The summed E-state index contributed by atoms with van der Waals surface area (Å²) in [6.45, 7) is 1.47. The number of aryl methyl sites for hydroxylation is 1. The quantitative estimate of drug-likeness (QED) is 0.362. The molecule has 0 aliphatic rings. The maximum atomic E-state index is 11.3. The number of hydrogen-bond acceptors (Lipinski definition) is 6. The first-order valence-corrected chi connectivity index (χ1v) is 8.65. The third-order valence-electron chi connectivity index (χ3n) is 3.69. The van der Waals surface area contributed by atoms with Crippen molar-refractivity contribution in [2.45, 2.75) is 11.8 Å². The van der Waals surface area contributed by atoms with Crippen LogP contribution in [0, 0.1) is 6.92 Å². The number of azo groups is 1. The summed E-state index contributed by atoms with van der Waals surface area (Å²) in [6.07, 6.45) is 0. The molecular formula is C17H14N2NaO5S. The monoisotopic (exact) mass is 381 g/mol. The molecule has 3 N–H and O–H groups in total. The van der Waals surface area contributed by atoms with Crippen molar-refractivity contribution in [1.82, 2.24) is 0 Å². The third kappa shape index (κ3) is 4.05. The third-order valence-corrected chi connectivity index (χ3v) is 4.52. The smallest absolute Gasteiger partial charge is 0.294 e. The summed E-state index contributed by atoms with van der Waals surface area (Å²) in [4.78, 5) is -0.404. The van der Waals surface area contributed by atoms with Gasteiger partial charge in [-0.25, -0.2) is 0 Å². The molecule has 0 amide bonds. The van der Waals surface area contributed by atoms with Crippen molar-refractivity contribution in [1.29, 1.82) is 0 Å². The molecule has 0 unspecified atom stereocenters. The van der Waals surface area contributed by atoms with Gasteiger partial charge in [-0.2, -0.15) is 8.42 Å². The van der Waals surface area contributed by atoms with Crippen LogP contribution in [0.2, 0.25) is 0 Å². The van der Waals surface area contributed by atoms with Crippen molar-refractivity contribution in [3.05, 3.63) is 54.1 Å². The summed E-state index contributed by atoms with van der Waals surface area (Å²) < 4.78 is 31.8. The van der Waals surface area contributed by atoms with Gasteiger partial charge in [-0.15, -0.1) is 10.2 Å². The van der Waals surface area contributed by atoms with Gasteiger partial charge in [-0.3, -0.25) is 4.55 Å². The topological polar surface area (TPSA) is 120 Å². The van der Waals surface area contributed by atoms with Crippen molar-refractivity contribution in [3.8, 4) is 11.5 Å². The van der Waals surface area contributed by atoms with E-state index in [9.17, 15) is 23.2 Å². The fraction of sp³-hybridized carbons (Fsp3) is 0.0588. The summed E-state index contributed by atoms with van der Waals surface area (Å²) in [6, 6.07) is 12.5. The van der Waals surface area contributed by atoms with E-state index < -0.39 is 15.0 Å². The molecule has 3 aromatic carbocycles. The minimum absolute atomic E-state index is 0. The molecule has 0 bridgehead atoms. The number of phenolic OH excluding ortho intramolecular Hbond substituents is 2. The van der Waals surface area contributed by atoms with Crippen LogP contribution in [-0.2, 0) is 10.1 Å². The normalized spacial score (nSPS) is 11.6. The molecule has 9 heteroatoms. The Morgan fingerprint density at radius 3 is 2.35 bits per heavy atom. The molecule has 0 aromatic heterocycles. The average Bonchev–Trinajstić information content (AvgIpc) is 2.56. The van der Waals surface area contributed by atoms with Crippen molar-refractivity contribution in [2.75, 3.05) is 0 Å². The van der Waals surface area contributed by atoms with Gasteiger partial charge in [0.2, 0.25) is 0 Å². The molecule has 129 valence electrons. The molecule has 0 atom stereocenters. The first kappa shape index (κ1) is 20.3. The summed E-state index contributed by atoms with van der Waals surface area (Å²) >= 11 is 0. The van der Waals surface area contributed by atoms with Gasteiger partial charge in [0.15, 0.2) is 0 Å². The number of nitrogens with zero attached hydrogens (tertiary/aromatic N) is 2. The number of aromatic hydroxyl groups is 2. The number of phenols is 2. The molecule has 0 saturated heterocycles. The van der Waals surface area contributed by atoms with E-state index in [4.69, 9.17) is 0 Å². The zero-order chi connectivity index (χ0) is 18.2. The van der Waals surface area contributed by atoms with Crippen molar-refractivity contribution in [2.24, 2.45) is 10.2 Å². The van der Waals surface area contributed by atoms with Crippen molar-refractivity contribution < 1.29 is 23.2 Å². The van der Waals surface area contributed by atoms with E-state index in [-0.39, 0.29) is 58.0 Å². The SMILES string of the molecule is Cc1cc(S(=O)(=O)O)cc(N=Nc2c(O)ccc3ccccc23)c1O.[Na]. The van der Waals surface area contributed by atoms with Crippen LogP contribution in [0.5, 0.6) is 11.5 Å². The summed E-state index contributed by atoms with van der Waals surface area (Å²) in [5.41, 5.74) is 0.263. The molecule has 7 nitrogen and oxygen atoms in total. The fourth-order valence-electron chi connectivity index (χ4n) is 2.41. The predicted molar refractivity (Wildman–Crippen MR) is 98.2 cm³/mol. The van der Waals surface area contributed by atoms with E-state index in [1.165, 1.54) is 13.0 Å². The zero-order valence-corrected chi connectivity index (χ0v) is 16.9. The van der Waals surface area contributed by atoms with Gasteiger partial charge >= 0.3 is 0 Å². The fourth-order valence-corrected chi connectivity index (χ4v) is 2.99. The largest absolute Gasteiger partial charge is 0.506 e. The molecule has 26 heavy (non-hydrogen) atoms. The molecule has 0 aliphatic heterocycles. The molecule has 0 heterocycles. The Hall–Kier alpha value is -1.97. The van der Waals surface area contributed by atoms with Crippen LogP contribution < -0.4 is 0 Å². The standard InChI is InChI=1S/C17H14N2O5S.Na/c1-10-8-12(25(22,23)24)9-14(17(10)21)18-19-16-13-5-3-2-4-11(13)6-7-15(16)20;/h2-9,20-21H,1H3,(H,22,23,24);. The second kappa shape index (κ2) is 7.73. The molecular weight excluding hydrogens is 367 g/mol. The Morgan fingerprint density at radius 2 is 1.65 bits per heavy atom. The Balaban J connectivity index is 0.00000243. The van der Waals surface area contributed by atoms with Crippen LogP contribution in [0.4, 0.5) is 11.4 Å². The van der Waals surface area contributed by atoms with E-state index in [0.29, 0.717) is 5.39 Å². The molecule has 0 saturated carbocycles. The number of hydrogen-bond donors (Lipinski definition) is 3. The summed E-state index contributed by atoms with van der Waals surface area (Å²) in [5, 5.41) is 29.4. The van der Waals surface area contributed by atoms with Gasteiger partial charge in [0.05, 0.1) is 4.90 Å². The Kier molecular flexibility index (Phi) is 6.05. The minimum atomic E-state index is -4.45. The molecule has 1 radical (unpaired) electrons. The summed E-state index contributed by atoms with van der Waals surface area (Å²) in [5.74, 6) is -0.375.